The van der Waals surface area contributed by atoms with E-state index in [0.29, 0.717) is 10.9 Å². The third-order valence-electron chi connectivity index (χ3n) is 4.92. The van der Waals surface area contributed by atoms with Gasteiger partial charge in [0.25, 0.3) is 0 Å². The Balaban J connectivity index is 1.91. The second kappa shape index (κ2) is 7.08. The Morgan fingerprint density at radius 1 is 1.14 bits per heavy atom. The predicted molar refractivity (Wildman–Crippen MR) is 85.2 cm³/mol. The molecule has 3 rings (SSSR count). The molecule has 1 aliphatic heterocycles. The first-order valence-electron chi connectivity index (χ1n) is 8.15. The lowest BCUT2D eigenvalue weighted by atomic mass is 9.80. The molecular weight excluding hydrogens is 287 g/mol. The lowest BCUT2D eigenvalue weighted by molar-refractivity contribution is 0.103. The molecule has 21 heavy (non-hydrogen) atoms. The van der Waals surface area contributed by atoms with Crippen LogP contribution in [-0.2, 0) is 0 Å². The quantitative estimate of drug-likeness (QED) is 0.907. The zero-order valence-corrected chi connectivity index (χ0v) is 13.2. The summed E-state index contributed by atoms with van der Waals surface area (Å²) in [5.74, 6) is 0.432. The second-order valence-corrected chi connectivity index (χ2v) is 6.70. The van der Waals surface area contributed by atoms with Crippen molar-refractivity contribution in [2.45, 2.75) is 38.1 Å². The Labute approximate surface area is 131 Å². The number of benzene rings is 1. The topological polar surface area (TPSA) is 15.3 Å². The van der Waals surface area contributed by atoms with Crippen LogP contribution in [0.4, 0.5) is 4.39 Å². The summed E-state index contributed by atoms with van der Waals surface area (Å²) in [6.45, 7) is 4.06. The van der Waals surface area contributed by atoms with Crippen LogP contribution in [0.25, 0.3) is 0 Å². The van der Waals surface area contributed by atoms with Gasteiger partial charge in [-0.2, -0.15) is 0 Å². The van der Waals surface area contributed by atoms with Crippen LogP contribution in [0.15, 0.2) is 18.2 Å². The van der Waals surface area contributed by atoms with E-state index in [9.17, 15) is 4.39 Å². The van der Waals surface area contributed by atoms with E-state index in [4.69, 9.17) is 11.6 Å². The maximum absolute atomic E-state index is 13.8. The molecule has 0 aromatic heterocycles. The predicted octanol–water partition coefficient (Wildman–Crippen LogP) is 4.01. The van der Waals surface area contributed by atoms with Gasteiger partial charge in [-0.15, -0.1) is 0 Å². The molecule has 0 amide bonds. The van der Waals surface area contributed by atoms with E-state index < -0.39 is 0 Å². The maximum Gasteiger partial charge on any atom is 0.123 e. The third kappa shape index (κ3) is 3.58. The van der Waals surface area contributed by atoms with Crippen molar-refractivity contribution in [1.82, 2.24) is 10.2 Å². The monoisotopic (exact) mass is 310 g/mol. The Kier molecular flexibility index (Phi) is 5.15. The number of hydrogen-bond acceptors (Lipinski definition) is 2. The van der Waals surface area contributed by atoms with Gasteiger partial charge in [0.05, 0.1) is 0 Å². The minimum atomic E-state index is -0.176. The first-order valence-corrected chi connectivity index (χ1v) is 8.53. The fraction of sp³-hybridized carbons (Fsp3) is 0.647. The second-order valence-electron chi connectivity index (χ2n) is 6.29. The van der Waals surface area contributed by atoms with Gasteiger partial charge < -0.3 is 5.32 Å². The molecule has 116 valence electrons. The fourth-order valence-corrected chi connectivity index (χ4v) is 4.13. The summed E-state index contributed by atoms with van der Waals surface area (Å²) < 4.78 is 13.8. The van der Waals surface area contributed by atoms with Gasteiger partial charge in [0.2, 0.25) is 0 Å². The molecule has 1 N–H and O–H groups in total. The molecule has 0 radical (unpaired) electrons. The van der Waals surface area contributed by atoms with E-state index in [1.165, 1.54) is 38.2 Å². The number of rotatable bonds is 3. The van der Waals surface area contributed by atoms with Crippen LogP contribution in [0.2, 0.25) is 5.02 Å². The van der Waals surface area contributed by atoms with Crippen LogP contribution < -0.4 is 5.32 Å². The highest BCUT2D eigenvalue weighted by molar-refractivity contribution is 6.31. The number of hydrogen-bond donors (Lipinski definition) is 1. The summed E-state index contributed by atoms with van der Waals surface area (Å²) in [7, 11) is 0. The van der Waals surface area contributed by atoms with Crippen LogP contribution in [0.3, 0.4) is 0 Å². The molecule has 1 heterocycles. The lowest BCUT2D eigenvalue weighted by Gasteiger charge is -2.41. The van der Waals surface area contributed by atoms with Crippen LogP contribution in [0.1, 0.15) is 43.7 Å². The first kappa shape index (κ1) is 15.3. The highest BCUT2D eigenvalue weighted by Gasteiger charge is 2.32. The van der Waals surface area contributed by atoms with Crippen LogP contribution in [0, 0.1) is 11.7 Å². The van der Waals surface area contributed by atoms with E-state index in [2.05, 4.69) is 10.2 Å². The smallest absolute Gasteiger partial charge is 0.123 e. The van der Waals surface area contributed by atoms with Gasteiger partial charge in [-0.25, -0.2) is 4.39 Å². The van der Waals surface area contributed by atoms with E-state index in [1.54, 1.807) is 12.1 Å². The highest BCUT2D eigenvalue weighted by Crippen LogP contribution is 2.41. The number of piperazine rings is 1. The van der Waals surface area contributed by atoms with E-state index in [0.717, 1.165) is 31.7 Å². The molecule has 1 saturated heterocycles. The molecule has 4 heteroatoms. The van der Waals surface area contributed by atoms with Gasteiger partial charge >= 0.3 is 0 Å². The number of nitrogens with zero attached hydrogens (tertiary/aromatic N) is 1. The summed E-state index contributed by atoms with van der Waals surface area (Å²) >= 11 is 6.42. The van der Waals surface area contributed by atoms with Crippen molar-refractivity contribution in [3.05, 3.63) is 34.6 Å². The fourth-order valence-electron chi connectivity index (χ4n) is 3.90. The molecule has 2 aliphatic rings. The van der Waals surface area contributed by atoms with E-state index in [1.807, 2.05) is 0 Å². The van der Waals surface area contributed by atoms with Crippen LogP contribution in [-0.4, -0.2) is 31.1 Å². The minimum absolute atomic E-state index is 0.176. The normalized spacial score (nSPS) is 23.1. The SMILES string of the molecule is Fc1ccc(Cl)c([C@@H](C2CCCCC2)N2CCNCC2)c1. The van der Waals surface area contributed by atoms with Gasteiger partial charge in [-0.05, 0) is 42.5 Å². The molecule has 0 unspecified atom stereocenters. The molecule has 1 aliphatic carbocycles. The van der Waals surface area contributed by atoms with Gasteiger partial charge in [-0.3, -0.25) is 4.90 Å². The van der Waals surface area contributed by atoms with Gasteiger partial charge in [0.15, 0.2) is 0 Å². The molecule has 1 aromatic rings. The number of halogens is 2. The summed E-state index contributed by atoms with van der Waals surface area (Å²) in [5, 5.41) is 4.11. The molecule has 0 bridgehead atoms. The number of nitrogens with one attached hydrogen (secondary N) is 1. The van der Waals surface area contributed by atoms with Crippen molar-refractivity contribution in [1.29, 1.82) is 0 Å². The molecule has 0 spiro atoms. The highest BCUT2D eigenvalue weighted by atomic mass is 35.5. The molecular formula is C17H24ClFN2. The zero-order valence-electron chi connectivity index (χ0n) is 12.5. The Bertz CT molecular complexity index is 450. The van der Waals surface area contributed by atoms with Crippen molar-refractivity contribution < 1.29 is 4.39 Å². The maximum atomic E-state index is 13.8. The standard InChI is InChI=1S/C17H24ClFN2/c18-16-7-6-14(19)12-15(16)17(13-4-2-1-3-5-13)21-10-8-20-9-11-21/h6-7,12-13,17,20H,1-5,8-11H2/t17-/m1/s1. The van der Waals surface area contributed by atoms with Gasteiger partial charge in [0.1, 0.15) is 5.82 Å². The van der Waals surface area contributed by atoms with Crippen molar-refractivity contribution in [2.75, 3.05) is 26.2 Å². The summed E-state index contributed by atoms with van der Waals surface area (Å²) in [5.41, 5.74) is 0.991. The average molecular weight is 311 g/mol. The summed E-state index contributed by atoms with van der Waals surface area (Å²) in [4.78, 5) is 2.51. The molecule has 1 saturated carbocycles. The first-order chi connectivity index (χ1) is 10.3. The summed E-state index contributed by atoms with van der Waals surface area (Å²) in [6, 6.07) is 5.10. The Morgan fingerprint density at radius 3 is 2.57 bits per heavy atom. The zero-order chi connectivity index (χ0) is 14.7. The van der Waals surface area contributed by atoms with E-state index in [-0.39, 0.29) is 11.9 Å². The van der Waals surface area contributed by atoms with Crippen molar-refractivity contribution in [3.8, 4) is 0 Å². The third-order valence-corrected chi connectivity index (χ3v) is 5.26. The Morgan fingerprint density at radius 2 is 1.86 bits per heavy atom. The van der Waals surface area contributed by atoms with Crippen molar-refractivity contribution >= 4 is 11.6 Å². The largest absolute Gasteiger partial charge is 0.314 e. The molecule has 2 nitrogen and oxygen atoms in total. The lowest BCUT2D eigenvalue weighted by Crippen LogP contribution is -2.47. The molecule has 2 fully saturated rings. The minimum Gasteiger partial charge on any atom is -0.314 e. The Hall–Kier alpha value is -0.640. The van der Waals surface area contributed by atoms with Gasteiger partial charge in [-0.1, -0.05) is 30.9 Å². The summed E-state index contributed by atoms with van der Waals surface area (Å²) in [6.07, 6.45) is 6.39. The molecule has 1 aromatic carbocycles. The van der Waals surface area contributed by atoms with Crippen molar-refractivity contribution in [3.63, 3.8) is 0 Å². The average Bonchev–Trinajstić information content (AvgIpc) is 2.53. The van der Waals surface area contributed by atoms with Crippen LogP contribution >= 0.6 is 11.6 Å². The van der Waals surface area contributed by atoms with Crippen molar-refractivity contribution in [2.24, 2.45) is 5.92 Å². The molecule has 1 atom stereocenters. The van der Waals surface area contributed by atoms with Crippen LogP contribution in [0.5, 0.6) is 0 Å². The van der Waals surface area contributed by atoms with E-state index >= 15 is 0 Å². The van der Waals surface area contributed by atoms with Gasteiger partial charge in [0, 0.05) is 37.2 Å².